The average Bonchev–Trinajstić information content (AvgIpc) is 2.68. The molecule has 0 fully saturated rings. The van der Waals surface area contributed by atoms with Crippen LogP contribution in [0.15, 0.2) is 46.2 Å². The number of rotatable bonds is 8. The Morgan fingerprint density at radius 3 is 1.37 bits per heavy atom. The van der Waals surface area contributed by atoms with Gasteiger partial charge in [0.1, 0.15) is 11.2 Å². The SMILES string of the molecule is CC(C)(O[Si](C)(C)C)C(=O)c1ccc2c(c1)Cc1cc(C(=O)C(C)(C)O[Si](C)(C)C)ccc1S2=O. The van der Waals surface area contributed by atoms with Crippen LogP contribution in [-0.2, 0) is 26.1 Å². The summed E-state index contributed by atoms with van der Waals surface area (Å²) in [5.74, 6) is -0.179. The van der Waals surface area contributed by atoms with Crippen molar-refractivity contribution in [3.05, 3.63) is 58.7 Å². The third kappa shape index (κ3) is 6.35. The molecule has 0 aliphatic carbocycles. The van der Waals surface area contributed by atoms with E-state index in [1.165, 1.54) is 0 Å². The minimum absolute atomic E-state index is 0.0894. The lowest BCUT2D eigenvalue weighted by Crippen LogP contribution is -2.44. The predicted octanol–water partition coefficient (Wildman–Crippen LogP) is 6.38. The lowest BCUT2D eigenvalue weighted by molar-refractivity contribution is 0.0557. The van der Waals surface area contributed by atoms with Gasteiger partial charge in [-0.2, -0.15) is 0 Å². The Labute approximate surface area is 214 Å². The van der Waals surface area contributed by atoms with Crippen molar-refractivity contribution in [1.29, 1.82) is 0 Å². The molecule has 0 radical (unpaired) electrons. The van der Waals surface area contributed by atoms with Gasteiger partial charge >= 0.3 is 0 Å². The first-order valence-corrected chi connectivity index (χ1v) is 19.9. The van der Waals surface area contributed by atoms with E-state index in [0.717, 1.165) is 11.1 Å². The summed E-state index contributed by atoms with van der Waals surface area (Å²) in [6, 6.07) is 10.7. The average molecular weight is 531 g/mol. The molecule has 0 amide bonds. The van der Waals surface area contributed by atoms with Crippen molar-refractivity contribution in [3.8, 4) is 0 Å². The molecule has 0 saturated heterocycles. The summed E-state index contributed by atoms with van der Waals surface area (Å²) in [7, 11) is -5.24. The van der Waals surface area contributed by atoms with E-state index in [2.05, 4.69) is 39.3 Å². The maximum absolute atomic E-state index is 13.3. The van der Waals surface area contributed by atoms with Gasteiger partial charge in [-0.3, -0.25) is 9.59 Å². The van der Waals surface area contributed by atoms with Crippen LogP contribution in [0.1, 0.15) is 59.5 Å². The molecule has 1 aliphatic heterocycles. The number of hydrogen-bond acceptors (Lipinski definition) is 5. The Morgan fingerprint density at radius 1 is 0.714 bits per heavy atom. The van der Waals surface area contributed by atoms with E-state index in [1.807, 2.05) is 39.8 Å². The van der Waals surface area contributed by atoms with Crippen LogP contribution in [0, 0.1) is 0 Å². The Hall–Kier alpha value is -1.72. The zero-order valence-electron chi connectivity index (χ0n) is 22.6. The molecular formula is C27H38O5SSi2. The second-order valence-corrected chi connectivity index (χ2v) is 22.5. The smallest absolute Gasteiger partial charge is 0.192 e. The van der Waals surface area contributed by atoms with Gasteiger partial charge in [0.2, 0.25) is 0 Å². The fourth-order valence-electron chi connectivity index (χ4n) is 4.72. The predicted molar refractivity (Wildman–Crippen MR) is 146 cm³/mol. The van der Waals surface area contributed by atoms with E-state index in [1.54, 1.807) is 24.3 Å². The molecule has 3 rings (SSSR count). The van der Waals surface area contributed by atoms with Crippen LogP contribution in [0.3, 0.4) is 0 Å². The summed E-state index contributed by atoms with van der Waals surface area (Å²) in [6.07, 6.45) is 0.503. The first kappa shape index (κ1) is 27.9. The fraction of sp³-hybridized carbons (Fsp3) is 0.481. The third-order valence-electron chi connectivity index (χ3n) is 5.64. The first-order valence-electron chi connectivity index (χ1n) is 12.0. The standard InChI is InChI=1S/C27H38O5SSi2/c1-26(2,31-34(5,6)7)24(28)18-11-13-22-20(15-18)17-21-16-19(12-14-23(21)33(22)30)25(29)27(3,4)32-35(8,9)10/h11-16H,17H2,1-10H3. The minimum atomic E-state index is -1.93. The van der Waals surface area contributed by atoms with Gasteiger partial charge in [0, 0.05) is 20.9 Å². The van der Waals surface area contributed by atoms with Crippen molar-refractivity contribution < 1.29 is 22.6 Å². The molecule has 2 aromatic rings. The highest BCUT2D eigenvalue weighted by atomic mass is 32.2. The molecule has 5 nitrogen and oxygen atoms in total. The molecule has 2 aromatic carbocycles. The lowest BCUT2D eigenvalue weighted by Gasteiger charge is -2.32. The maximum atomic E-state index is 13.3. The summed E-state index contributed by atoms with van der Waals surface area (Å²) >= 11 is 0. The summed E-state index contributed by atoms with van der Waals surface area (Å²) in [4.78, 5) is 28.0. The number of benzene rings is 2. The number of fused-ring (bicyclic) bond motifs is 2. The molecule has 0 unspecified atom stereocenters. The van der Waals surface area contributed by atoms with Crippen molar-refractivity contribution in [2.75, 3.05) is 0 Å². The van der Waals surface area contributed by atoms with Gasteiger partial charge in [-0.05, 0) is 109 Å². The third-order valence-corrected chi connectivity index (χ3v) is 9.48. The minimum Gasteiger partial charge on any atom is -0.405 e. The van der Waals surface area contributed by atoms with Crippen LogP contribution >= 0.6 is 0 Å². The molecule has 0 saturated carbocycles. The van der Waals surface area contributed by atoms with Crippen molar-refractivity contribution in [1.82, 2.24) is 0 Å². The van der Waals surface area contributed by atoms with Crippen LogP contribution in [0.2, 0.25) is 39.3 Å². The summed E-state index contributed by atoms with van der Waals surface area (Å²) in [6.45, 7) is 19.6. The number of hydrogen-bond donors (Lipinski definition) is 0. The molecule has 35 heavy (non-hydrogen) atoms. The topological polar surface area (TPSA) is 69.7 Å². The van der Waals surface area contributed by atoms with Crippen LogP contribution in [-0.4, -0.2) is 43.6 Å². The zero-order chi connectivity index (χ0) is 26.6. The van der Waals surface area contributed by atoms with Gasteiger partial charge < -0.3 is 8.85 Å². The van der Waals surface area contributed by atoms with Crippen molar-refractivity contribution >= 4 is 39.0 Å². The highest BCUT2D eigenvalue weighted by molar-refractivity contribution is 7.85. The Kier molecular flexibility index (Phi) is 7.40. The van der Waals surface area contributed by atoms with Crippen LogP contribution < -0.4 is 0 Å². The normalized spacial score (nSPS) is 14.9. The monoisotopic (exact) mass is 530 g/mol. The zero-order valence-corrected chi connectivity index (χ0v) is 25.4. The molecule has 190 valence electrons. The van der Waals surface area contributed by atoms with Gasteiger partial charge in [-0.1, -0.05) is 12.1 Å². The van der Waals surface area contributed by atoms with Crippen LogP contribution in [0.25, 0.3) is 0 Å². The van der Waals surface area contributed by atoms with E-state index < -0.39 is 38.6 Å². The summed E-state index contributed by atoms with van der Waals surface area (Å²) in [5, 5.41) is 0. The van der Waals surface area contributed by atoms with Crippen LogP contribution in [0.4, 0.5) is 0 Å². The number of carbonyl (C=O) groups excluding carboxylic acids is 2. The van der Waals surface area contributed by atoms with E-state index in [0.29, 0.717) is 27.3 Å². The van der Waals surface area contributed by atoms with Gasteiger partial charge in [0.25, 0.3) is 0 Å². The quantitative estimate of drug-likeness (QED) is 0.250. The highest BCUT2D eigenvalue weighted by Gasteiger charge is 2.37. The molecular weight excluding hydrogens is 493 g/mol. The summed E-state index contributed by atoms with van der Waals surface area (Å²) in [5.41, 5.74) is 0.895. The Balaban J connectivity index is 1.94. The van der Waals surface area contributed by atoms with E-state index in [4.69, 9.17) is 8.85 Å². The van der Waals surface area contributed by atoms with Gasteiger partial charge in [0.05, 0.1) is 10.8 Å². The number of Topliss-reactive ketones (excluding diaryl/α,β-unsaturated/α-hetero) is 2. The van der Waals surface area contributed by atoms with Gasteiger partial charge in [-0.25, -0.2) is 4.21 Å². The number of ketones is 2. The van der Waals surface area contributed by atoms with E-state index in [9.17, 15) is 13.8 Å². The molecule has 0 atom stereocenters. The van der Waals surface area contributed by atoms with Crippen molar-refractivity contribution in [2.24, 2.45) is 0 Å². The van der Waals surface area contributed by atoms with Gasteiger partial charge in [-0.15, -0.1) is 0 Å². The Morgan fingerprint density at radius 2 is 1.06 bits per heavy atom. The Bertz CT molecular complexity index is 1110. The second kappa shape index (κ2) is 9.30. The number of carbonyl (C=O) groups is 2. The maximum Gasteiger partial charge on any atom is 0.192 e. The fourth-order valence-corrected chi connectivity index (χ4v) is 9.33. The lowest BCUT2D eigenvalue weighted by atomic mass is 9.92. The largest absolute Gasteiger partial charge is 0.405 e. The van der Waals surface area contributed by atoms with Gasteiger partial charge in [0.15, 0.2) is 28.2 Å². The van der Waals surface area contributed by atoms with Crippen molar-refractivity contribution in [2.45, 2.75) is 94.4 Å². The molecule has 0 N–H and O–H groups in total. The molecule has 1 heterocycles. The molecule has 1 aliphatic rings. The second-order valence-electron chi connectivity index (χ2n) is 12.2. The van der Waals surface area contributed by atoms with E-state index in [-0.39, 0.29) is 11.6 Å². The molecule has 0 spiro atoms. The molecule has 0 bridgehead atoms. The van der Waals surface area contributed by atoms with Crippen molar-refractivity contribution in [3.63, 3.8) is 0 Å². The van der Waals surface area contributed by atoms with E-state index >= 15 is 0 Å². The first-order chi connectivity index (χ1) is 15.8. The molecule has 0 aromatic heterocycles. The highest BCUT2D eigenvalue weighted by Crippen LogP contribution is 2.35. The van der Waals surface area contributed by atoms with Crippen LogP contribution in [0.5, 0.6) is 0 Å². The molecule has 8 heteroatoms. The summed E-state index contributed by atoms with van der Waals surface area (Å²) < 4.78 is 25.7.